The topological polar surface area (TPSA) is 54.9 Å². The fourth-order valence-electron chi connectivity index (χ4n) is 1.31. The Hall–Kier alpha value is -0.550. The summed E-state index contributed by atoms with van der Waals surface area (Å²) in [7, 11) is 0. The highest BCUT2D eigenvalue weighted by Crippen LogP contribution is 2.15. The number of hydrogen-bond donors (Lipinski definition) is 1. The Labute approximate surface area is 107 Å². The molecule has 0 fully saturated rings. The van der Waals surface area contributed by atoms with Crippen molar-refractivity contribution in [1.29, 1.82) is 0 Å². The summed E-state index contributed by atoms with van der Waals surface area (Å²) in [5.74, 6) is 0.761. The van der Waals surface area contributed by atoms with Crippen molar-refractivity contribution in [3.05, 3.63) is 32.1 Å². The number of aromatic amines is 1. The maximum atomic E-state index is 11.5. The van der Waals surface area contributed by atoms with Crippen LogP contribution < -0.4 is 11.2 Å². The van der Waals surface area contributed by atoms with Gasteiger partial charge in [0.15, 0.2) is 0 Å². The van der Waals surface area contributed by atoms with E-state index in [-0.39, 0.29) is 5.02 Å². The van der Waals surface area contributed by atoms with Gasteiger partial charge in [-0.3, -0.25) is 14.3 Å². The molecule has 0 saturated heterocycles. The van der Waals surface area contributed by atoms with Gasteiger partial charge in [-0.15, -0.1) is 0 Å². The molecule has 0 spiro atoms. The second kappa shape index (κ2) is 5.68. The Morgan fingerprint density at radius 3 is 2.62 bits per heavy atom. The van der Waals surface area contributed by atoms with E-state index in [2.05, 4.69) is 34.8 Å². The lowest BCUT2D eigenvalue weighted by atomic mass is 9.98. The number of halogens is 2. The monoisotopic (exact) mass is 308 g/mol. The summed E-state index contributed by atoms with van der Waals surface area (Å²) < 4.78 is 1.44. The van der Waals surface area contributed by atoms with E-state index in [0.717, 1.165) is 5.33 Å². The molecular weight excluding hydrogens is 295 g/mol. The standard InChI is InChI=1S/C10H14BrClN2O2/c1-6(2)7(3-11)4-14-5-8(12)9(15)13-10(14)16/h5-7H,3-4H2,1-2H3,(H,13,15,16). The van der Waals surface area contributed by atoms with Gasteiger partial charge in [-0.2, -0.15) is 0 Å². The molecule has 6 heteroatoms. The van der Waals surface area contributed by atoms with Gasteiger partial charge in [0.05, 0.1) is 0 Å². The van der Waals surface area contributed by atoms with Crippen molar-refractivity contribution in [2.24, 2.45) is 11.8 Å². The van der Waals surface area contributed by atoms with Crippen LogP contribution in [0.5, 0.6) is 0 Å². The zero-order valence-corrected chi connectivity index (χ0v) is 11.5. The molecule has 0 saturated carbocycles. The first kappa shape index (κ1) is 13.5. The lowest BCUT2D eigenvalue weighted by Gasteiger charge is -2.18. The molecule has 1 unspecified atom stereocenters. The highest BCUT2D eigenvalue weighted by atomic mass is 79.9. The molecular formula is C10H14BrClN2O2. The molecule has 0 bridgehead atoms. The largest absolute Gasteiger partial charge is 0.328 e. The van der Waals surface area contributed by atoms with Crippen LogP contribution in [-0.4, -0.2) is 14.9 Å². The van der Waals surface area contributed by atoms with Crippen molar-refractivity contribution in [2.45, 2.75) is 20.4 Å². The van der Waals surface area contributed by atoms with Crippen molar-refractivity contribution >= 4 is 27.5 Å². The molecule has 4 nitrogen and oxygen atoms in total. The SMILES string of the molecule is CC(C)C(CBr)Cn1cc(Cl)c(=O)[nH]c1=O. The summed E-state index contributed by atoms with van der Waals surface area (Å²) in [6.07, 6.45) is 1.39. The lowest BCUT2D eigenvalue weighted by Crippen LogP contribution is -2.33. The van der Waals surface area contributed by atoms with Gasteiger partial charge >= 0.3 is 5.69 Å². The quantitative estimate of drug-likeness (QED) is 0.863. The Morgan fingerprint density at radius 1 is 1.50 bits per heavy atom. The summed E-state index contributed by atoms with van der Waals surface area (Å²) in [6, 6.07) is 0. The van der Waals surface area contributed by atoms with Crippen LogP contribution in [-0.2, 0) is 6.54 Å². The molecule has 1 aromatic heterocycles. The van der Waals surface area contributed by atoms with E-state index in [1.807, 2.05) is 0 Å². The van der Waals surface area contributed by atoms with Crippen molar-refractivity contribution in [1.82, 2.24) is 9.55 Å². The van der Waals surface area contributed by atoms with Gasteiger partial charge < -0.3 is 0 Å². The van der Waals surface area contributed by atoms with E-state index in [9.17, 15) is 9.59 Å². The first-order valence-corrected chi connectivity index (χ1v) is 6.51. The second-order valence-electron chi connectivity index (χ2n) is 4.05. The Balaban J connectivity index is 3.01. The van der Waals surface area contributed by atoms with Crippen LogP contribution in [0.1, 0.15) is 13.8 Å². The van der Waals surface area contributed by atoms with Crippen molar-refractivity contribution < 1.29 is 0 Å². The van der Waals surface area contributed by atoms with Crippen LogP contribution in [0, 0.1) is 11.8 Å². The third kappa shape index (κ3) is 3.22. The average Bonchev–Trinajstić information content (AvgIpc) is 2.21. The zero-order chi connectivity index (χ0) is 12.3. The second-order valence-corrected chi connectivity index (χ2v) is 5.10. The minimum absolute atomic E-state index is 0.0386. The number of H-pyrrole nitrogens is 1. The van der Waals surface area contributed by atoms with Crippen LogP contribution in [0.3, 0.4) is 0 Å². The number of hydrogen-bond acceptors (Lipinski definition) is 2. The van der Waals surface area contributed by atoms with Gasteiger partial charge in [0.1, 0.15) is 5.02 Å². The highest BCUT2D eigenvalue weighted by Gasteiger charge is 2.14. The fraction of sp³-hybridized carbons (Fsp3) is 0.600. The molecule has 0 amide bonds. The minimum atomic E-state index is -0.539. The Morgan fingerprint density at radius 2 is 2.12 bits per heavy atom. The van der Waals surface area contributed by atoms with Crippen LogP contribution >= 0.6 is 27.5 Å². The van der Waals surface area contributed by atoms with E-state index in [4.69, 9.17) is 11.6 Å². The van der Waals surface area contributed by atoms with E-state index in [0.29, 0.717) is 18.4 Å². The third-order valence-electron chi connectivity index (χ3n) is 2.54. The number of alkyl halides is 1. The van der Waals surface area contributed by atoms with Crippen LogP contribution in [0.4, 0.5) is 0 Å². The molecule has 1 N–H and O–H groups in total. The number of aromatic nitrogens is 2. The molecule has 0 aromatic carbocycles. The van der Waals surface area contributed by atoms with E-state index >= 15 is 0 Å². The van der Waals surface area contributed by atoms with Gasteiger partial charge in [-0.25, -0.2) is 4.79 Å². The Bertz CT molecular complexity index is 467. The average molecular weight is 310 g/mol. The summed E-state index contributed by atoms with van der Waals surface area (Å²) in [5, 5.41) is 0.838. The zero-order valence-electron chi connectivity index (χ0n) is 9.17. The normalized spacial score (nSPS) is 13.1. The minimum Gasteiger partial charge on any atom is -0.299 e. The predicted octanol–water partition coefficient (Wildman–Crippen LogP) is 1.86. The first-order valence-electron chi connectivity index (χ1n) is 5.01. The molecule has 90 valence electrons. The van der Waals surface area contributed by atoms with Gasteiger partial charge in [0, 0.05) is 18.1 Å². The van der Waals surface area contributed by atoms with E-state index in [1.165, 1.54) is 10.8 Å². The van der Waals surface area contributed by atoms with Crippen LogP contribution in [0.15, 0.2) is 15.8 Å². The first-order chi connectivity index (χ1) is 7.45. The maximum absolute atomic E-state index is 11.5. The van der Waals surface area contributed by atoms with Crippen LogP contribution in [0.2, 0.25) is 5.02 Å². The third-order valence-corrected chi connectivity index (χ3v) is 3.64. The van der Waals surface area contributed by atoms with Crippen molar-refractivity contribution in [3.63, 3.8) is 0 Å². The molecule has 0 aliphatic heterocycles. The van der Waals surface area contributed by atoms with Crippen molar-refractivity contribution in [3.8, 4) is 0 Å². The molecule has 1 atom stereocenters. The van der Waals surface area contributed by atoms with Crippen LogP contribution in [0.25, 0.3) is 0 Å². The van der Waals surface area contributed by atoms with Crippen molar-refractivity contribution in [2.75, 3.05) is 5.33 Å². The molecule has 16 heavy (non-hydrogen) atoms. The number of nitrogens with one attached hydrogen (secondary N) is 1. The predicted molar refractivity (Wildman–Crippen MR) is 68.5 cm³/mol. The van der Waals surface area contributed by atoms with E-state index < -0.39 is 11.2 Å². The summed E-state index contributed by atoms with van der Waals surface area (Å²) in [5.41, 5.74) is -0.955. The number of rotatable bonds is 4. The Kier molecular flexibility index (Phi) is 4.80. The fourth-order valence-corrected chi connectivity index (χ4v) is 2.43. The molecule has 0 aliphatic carbocycles. The summed E-state index contributed by atoms with van der Waals surface area (Å²) in [6.45, 7) is 4.72. The maximum Gasteiger partial charge on any atom is 0.328 e. The number of nitrogens with zero attached hydrogens (tertiary/aromatic N) is 1. The van der Waals surface area contributed by atoms with Gasteiger partial charge in [0.25, 0.3) is 5.56 Å². The smallest absolute Gasteiger partial charge is 0.299 e. The lowest BCUT2D eigenvalue weighted by molar-refractivity contribution is 0.366. The molecule has 1 heterocycles. The van der Waals surface area contributed by atoms with Gasteiger partial charge in [-0.1, -0.05) is 41.4 Å². The molecule has 0 radical (unpaired) electrons. The molecule has 1 rings (SSSR count). The van der Waals surface area contributed by atoms with E-state index in [1.54, 1.807) is 0 Å². The summed E-state index contributed by atoms with van der Waals surface area (Å²) in [4.78, 5) is 24.8. The molecule has 1 aromatic rings. The molecule has 0 aliphatic rings. The van der Waals surface area contributed by atoms with Gasteiger partial charge in [0.2, 0.25) is 0 Å². The highest BCUT2D eigenvalue weighted by molar-refractivity contribution is 9.09. The summed E-state index contributed by atoms with van der Waals surface area (Å²) >= 11 is 9.09. The van der Waals surface area contributed by atoms with Gasteiger partial charge in [-0.05, 0) is 11.8 Å².